The highest BCUT2D eigenvalue weighted by Crippen LogP contribution is 2.40. The first-order valence-electron chi connectivity index (χ1n) is 16.5. The van der Waals surface area contributed by atoms with E-state index in [-0.39, 0.29) is 0 Å². The Bertz CT molecular complexity index is 2810. The largest absolute Gasteiger partial charge is 0.456 e. The molecule has 0 saturated heterocycles. The van der Waals surface area contributed by atoms with Crippen LogP contribution in [0.15, 0.2) is 173 Å². The van der Waals surface area contributed by atoms with Crippen LogP contribution in [-0.4, -0.2) is 9.36 Å². The minimum absolute atomic E-state index is 0.698. The summed E-state index contributed by atoms with van der Waals surface area (Å²) in [6.07, 6.45) is 0. The van der Waals surface area contributed by atoms with Gasteiger partial charge in [-0.15, -0.1) is 0 Å². The topological polar surface area (TPSA) is 55.3 Å². The zero-order valence-corrected chi connectivity index (χ0v) is 27.5. The maximum Gasteiger partial charge on any atom is 0.173 e. The standard InChI is InChI=1S/C44H27N3O2S/c1-2-8-28(9-3-1)29-14-19-32(20-15-29)47(34-23-25-38-36-11-5-7-13-40(36)49-42(38)27-34)33-21-16-30(17-22-33)43-45-44(50-46-43)31-18-24-37-35-10-4-6-12-39(35)48-41(37)26-31/h1-27H. The van der Waals surface area contributed by atoms with Crippen LogP contribution >= 0.6 is 11.5 Å². The van der Waals surface area contributed by atoms with Gasteiger partial charge in [0.25, 0.3) is 0 Å². The highest BCUT2D eigenvalue weighted by Gasteiger charge is 2.17. The second-order valence-electron chi connectivity index (χ2n) is 12.3. The van der Waals surface area contributed by atoms with Crippen LogP contribution in [0, 0.1) is 0 Å². The van der Waals surface area contributed by atoms with Crippen molar-refractivity contribution in [3.05, 3.63) is 164 Å². The quantitative estimate of drug-likeness (QED) is 0.177. The van der Waals surface area contributed by atoms with E-state index in [9.17, 15) is 0 Å². The summed E-state index contributed by atoms with van der Waals surface area (Å²) < 4.78 is 17.2. The Labute approximate surface area is 291 Å². The summed E-state index contributed by atoms with van der Waals surface area (Å²) in [6, 6.07) is 56.6. The van der Waals surface area contributed by atoms with Gasteiger partial charge in [0, 0.05) is 55.8 Å². The molecule has 3 aromatic heterocycles. The van der Waals surface area contributed by atoms with E-state index in [0.29, 0.717) is 5.82 Å². The average Bonchev–Trinajstić information content (AvgIpc) is 3.91. The van der Waals surface area contributed by atoms with Gasteiger partial charge >= 0.3 is 0 Å². The average molecular weight is 662 g/mol. The van der Waals surface area contributed by atoms with Gasteiger partial charge in [0.15, 0.2) is 5.82 Å². The molecule has 0 aliphatic rings. The lowest BCUT2D eigenvalue weighted by molar-refractivity contribution is 0.668. The van der Waals surface area contributed by atoms with Crippen LogP contribution < -0.4 is 4.90 Å². The number of nitrogens with zero attached hydrogens (tertiary/aromatic N) is 3. The Morgan fingerprint density at radius 2 is 0.900 bits per heavy atom. The van der Waals surface area contributed by atoms with Crippen LogP contribution in [0.4, 0.5) is 17.1 Å². The monoisotopic (exact) mass is 661 g/mol. The highest BCUT2D eigenvalue weighted by atomic mass is 32.1. The molecule has 236 valence electrons. The first kappa shape index (κ1) is 28.5. The smallest absolute Gasteiger partial charge is 0.173 e. The van der Waals surface area contributed by atoms with Crippen molar-refractivity contribution in [2.24, 2.45) is 0 Å². The van der Waals surface area contributed by atoms with Crippen LogP contribution in [0.5, 0.6) is 0 Å². The second-order valence-corrected chi connectivity index (χ2v) is 13.1. The van der Waals surface area contributed by atoms with Crippen molar-refractivity contribution in [2.75, 3.05) is 4.90 Å². The molecule has 10 rings (SSSR count). The maximum atomic E-state index is 6.30. The lowest BCUT2D eigenvalue weighted by atomic mass is 10.0. The van der Waals surface area contributed by atoms with Crippen molar-refractivity contribution in [2.45, 2.75) is 0 Å². The molecule has 0 N–H and O–H groups in total. The molecule has 6 heteroatoms. The van der Waals surface area contributed by atoms with Gasteiger partial charge in [-0.1, -0.05) is 84.9 Å². The van der Waals surface area contributed by atoms with Gasteiger partial charge in [-0.3, -0.25) is 0 Å². The van der Waals surface area contributed by atoms with Gasteiger partial charge in [0.2, 0.25) is 0 Å². The number of aromatic nitrogens is 2. The first-order chi connectivity index (χ1) is 24.7. The van der Waals surface area contributed by atoms with E-state index in [1.807, 2.05) is 42.5 Å². The van der Waals surface area contributed by atoms with E-state index in [2.05, 4.69) is 126 Å². The predicted octanol–water partition coefficient (Wildman–Crippen LogP) is 12.8. The fraction of sp³-hybridized carbons (Fsp3) is 0. The SMILES string of the molecule is c1ccc(-c2ccc(N(c3ccc(-c4nsc(-c5ccc6c(c5)oc5ccccc56)n4)cc3)c3ccc4c(c3)oc3ccccc34)cc2)cc1. The van der Waals surface area contributed by atoms with E-state index < -0.39 is 0 Å². The molecule has 0 radical (unpaired) electrons. The Hall–Kier alpha value is -6.50. The van der Waals surface area contributed by atoms with Crippen LogP contribution in [0.2, 0.25) is 0 Å². The van der Waals surface area contributed by atoms with Crippen molar-refractivity contribution in [1.29, 1.82) is 0 Å². The van der Waals surface area contributed by atoms with Crippen molar-refractivity contribution in [1.82, 2.24) is 9.36 Å². The lowest BCUT2D eigenvalue weighted by Crippen LogP contribution is -2.09. The van der Waals surface area contributed by atoms with E-state index in [4.69, 9.17) is 18.2 Å². The number of hydrogen-bond acceptors (Lipinski definition) is 6. The number of para-hydroxylation sites is 2. The number of benzene rings is 7. The third kappa shape index (κ3) is 4.85. The van der Waals surface area contributed by atoms with E-state index >= 15 is 0 Å². The molecule has 7 aromatic carbocycles. The molecular formula is C44H27N3O2S. The molecule has 0 aliphatic heterocycles. The summed E-state index contributed by atoms with van der Waals surface area (Å²) in [5, 5.41) is 5.29. The molecule has 3 heterocycles. The van der Waals surface area contributed by atoms with Crippen molar-refractivity contribution < 1.29 is 8.83 Å². The summed E-state index contributed by atoms with van der Waals surface area (Å²) >= 11 is 1.40. The number of fused-ring (bicyclic) bond motifs is 6. The molecule has 0 amide bonds. The Kier molecular flexibility index (Phi) is 6.60. The summed E-state index contributed by atoms with van der Waals surface area (Å²) in [6.45, 7) is 0. The second kappa shape index (κ2) is 11.6. The molecule has 10 aromatic rings. The van der Waals surface area contributed by atoms with Crippen molar-refractivity contribution in [3.8, 4) is 33.1 Å². The van der Waals surface area contributed by atoms with E-state index in [0.717, 1.165) is 77.1 Å². The Morgan fingerprint density at radius 3 is 1.58 bits per heavy atom. The van der Waals surface area contributed by atoms with E-state index in [1.54, 1.807) is 0 Å². The summed E-state index contributed by atoms with van der Waals surface area (Å²) in [4.78, 5) is 7.19. The molecule has 0 spiro atoms. The third-order valence-corrected chi connectivity index (χ3v) is 10.1. The molecule has 0 bridgehead atoms. The molecule has 50 heavy (non-hydrogen) atoms. The van der Waals surface area contributed by atoms with Gasteiger partial charge in [0.1, 0.15) is 27.3 Å². The normalized spacial score (nSPS) is 11.6. The van der Waals surface area contributed by atoms with Gasteiger partial charge < -0.3 is 13.7 Å². The molecular weight excluding hydrogens is 635 g/mol. The van der Waals surface area contributed by atoms with Gasteiger partial charge in [-0.25, -0.2) is 4.98 Å². The lowest BCUT2D eigenvalue weighted by Gasteiger charge is -2.26. The van der Waals surface area contributed by atoms with Crippen molar-refractivity contribution >= 4 is 72.5 Å². The molecule has 0 fully saturated rings. The number of rotatable bonds is 6. The van der Waals surface area contributed by atoms with Gasteiger partial charge in [-0.05, 0) is 95.5 Å². The number of anilines is 3. The summed E-state index contributed by atoms with van der Waals surface area (Å²) in [7, 11) is 0. The molecule has 0 saturated carbocycles. The van der Waals surface area contributed by atoms with Crippen LogP contribution in [0.3, 0.4) is 0 Å². The first-order valence-corrected chi connectivity index (χ1v) is 17.3. The molecule has 0 atom stereocenters. The zero-order valence-electron chi connectivity index (χ0n) is 26.7. The maximum absolute atomic E-state index is 6.30. The Morgan fingerprint density at radius 1 is 0.400 bits per heavy atom. The highest BCUT2D eigenvalue weighted by molar-refractivity contribution is 7.09. The fourth-order valence-electron chi connectivity index (χ4n) is 6.81. The fourth-order valence-corrected chi connectivity index (χ4v) is 7.49. The predicted molar refractivity (Wildman–Crippen MR) is 205 cm³/mol. The minimum atomic E-state index is 0.698. The van der Waals surface area contributed by atoms with Crippen LogP contribution in [-0.2, 0) is 0 Å². The third-order valence-electron chi connectivity index (χ3n) is 9.29. The Balaban J connectivity index is 1.01. The molecule has 5 nitrogen and oxygen atoms in total. The minimum Gasteiger partial charge on any atom is -0.456 e. The molecule has 0 aliphatic carbocycles. The van der Waals surface area contributed by atoms with E-state index in [1.165, 1.54) is 22.7 Å². The molecule has 0 unspecified atom stereocenters. The van der Waals surface area contributed by atoms with Crippen molar-refractivity contribution in [3.63, 3.8) is 0 Å². The van der Waals surface area contributed by atoms with Gasteiger partial charge in [-0.2, -0.15) is 4.37 Å². The summed E-state index contributed by atoms with van der Waals surface area (Å²) in [5.41, 5.74) is 10.8. The zero-order chi connectivity index (χ0) is 33.0. The van der Waals surface area contributed by atoms with Gasteiger partial charge in [0.05, 0.1) is 0 Å². The van der Waals surface area contributed by atoms with Crippen LogP contribution in [0.1, 0.15) is 0 Å². The van der Waals surface area contributed by atoms with Crippen LogP contribution in [0.25, 0.3) is 77.0 Å². The number of hydrogen-bond donors (Lipinski definition) is 0. The number of furan rings is 2. The summed E-state index contributed by atoms with van der Waals surface area (Å²) in [5.74, 6) is 0.698.